The van der Waals surface area contributed by atoms with Crippen molar-refractivity contribution >= 4 is 22.8 Å². The maximum absolute atomic E-state index is 12.6. The molecule has 1 amide bonds. The van der Waals surface area contributed by atoms with Crippen LogP contribution in [0.4, 0.5) is 0 Å². The largest absolute Gasteiger partial charge is 0.468 e. The normalized spacial score (nSPS) is 19.6. The van der Waals surface area contributed by atoms with E-state index in [1.165, 1.54) is 11.7 Å². The zero-order chi connectivity index (χ0) is 19.4. The van der Waals surface area contributed by atoms with Crippen LogP contribution in [0, 0.1) is 11.8 Å². The molecule has 0 radical (unpaired) electrons. The molecule has 0 atom stereocenters. The molecule has 1 aliphatic rings. The van der Waals surface area contributed by atoms with E-state index >= 15 is 0 Å². The summed E-state index contributed by atoms with van der Waals surface area (Å²) in [6.07, 6.45) is 2.82. The maximum atomic E-state index is 12.6. The third-order valence-corrected chi connectivity index (χ3v) is 5.18. The molecule has 0 aliphatic heterocycles. The summed E-state index contributed by atoms with van der Waals surface area (Å²) < 4.78 is 5.76. The molecule has 1 fully saturated rings. The number of ether oxygens (including phenoxy) is 1. The summed E-state index contributed by atoms with van der Waals surface area (Å²) in [7, 11) is 1.27. The number of carbonyl (C=O) groups is 2. The smallest absolute Gasteiger partial charge is 0.328 e. The van der Waals surface area contributed by atoms with Crippen molar-refractivity contribution in [2.45, 2.75) is 32.2 Å². The van der Waals surface area contributed by atoms with Gasteiger partial charge in [0, 0.05) is 12.5 Å². The molecular formula is C19H23N3O5. The van der Waals surface area contributed by atoms with Gasteiger partial charge in [0.05, 0.1) is 18.0 Å². The van der Waals surface area contributed by atoms with Gasteiger partial charge in [0.25, 0.3) is 5.56 Å². The molecule has 0 bridgehead atoms. The Morgan fingerprint density at radius 3 is 2.59 bits per heavy atom. The van der Waals surface area contributed by atoms with Gasteiger partial charge in [-0.15, -0.1) is 0 Å². The topological polar surface area (TPSA) is 110 Å². The van der Waals surface area contributed by atoms with Crippen LogP contribution in [0.2, 0.25) is 0 Å². The molecule has 144 valence electrons. The fourth-order valence-corrected chi connectivity index (χ4v) is 3.61. The summed E-state index contributed by atoms with van der Waals surface area (Å²) in [4.78, 5) is 50.9. The van der Waals surface area contributed by atoms with E-state index in [1.807, 2.05) is 0 Å². The van der Waals surface area contributed by atoms with E-state index < -0.39 is 11.7 Å². The van der Waals surface area contributed by atoms with Crippen LogP contribution in [0.3, 0.4) is 0 Å². The van der Waals surface area contributed by atoms with E-state index in [-0.39, 0.29) is 29.8 Å². The second kappa shape index (κ2) is 8.20. The lowest BCUT2D eigenvalue weighted by atomic mass is 9.81. The Balaban J connectivity index is 1.62. The van der Waals surface area contributed by atoms with Gasteiger partial charge in [0.2, 0.25) is 5.91 Å². The molecule has 0 unspecified atom stereocenters. The lowest BCUT2D eigenvalue weighted by Crippen LogP contribution is -2.39. The minimum Gasteiger partial charge on any atom is -0.468 e. The van der Waals surface area contributed by atoms with Gasteiger partial charge in [-0.2, -0.15) is 0 Å². The first-order valence-corrected chi connectivity index (χ1v) is 9.06. The van der Waals surface area contributed by atoms with Gasteiger partial charge in [0.1, 0.15) is 6.54 Å². The van der Waals surface area contributed by atoms with E-state index in [1.54, 1.807) is 24.3 Å². The predicted octanol–water partition coefficient (Wildman–Crippen LogP) is 0.785. The molecule has 1 saturated carbocycles. The van der Waals surface area contributed by atoms with Crippen molar-refractivity contribution in [3.05, 3.63) is 45.1 Å². The fraction of sp³-hybridized carbons (Fsp3) is 0.474. The van der Waals surface area contributed by atoms with Gasteiger partial charge < -0.3 is 15.0 Å². The summed E-state index contributed by atoms with van der Waals surface area (Å²) in [5, 5.41) is 3.08. The molecule has 2 N–H and O–H groups in total. The van der Waals surface area contributed by atoms with E-state index in [9.17, 15) is 19.2 Å². The second-order valence-electron chi connectivity index (χ2n) is 6.90. The van der Waals surface area contributed by atoms with Gasteiger partial charge in [-0.25, -0.2) is 4.79 Å². The van der Waals surface area contributed by atoms with Crippen LogP contribution >= 0.6 is 0 Å². The summed E-state index contributed by atoms with van der Waals surface area (Å²) in [5.41, 5.74) is -0.154. The second-order valence-corrected chi connectivity index (χ2v) is 6.90. The van der Waals surface area contributed by atoms with E-state index in [0.717, 1.165) is 12.8 Å². The average molecular weight is 373 g/mol. The first-order valence-electron chi connectivity index (χ1n) is 9.06. The predicted molar refractivity (Wildman–Crippen MR) is 99.3 cm³/mol. The molecular weight excluding hydrogens is 350 g/mol. The van der Waals surface area contributed by atoms with Crippen molar-refractivity contribution in [1.82, 2.24) is 14.9 Å². The lowest BCUT2D eigenvalue weighted by molar-refractivity contribution is -0.141. The third kappa shape index (κ3) is 4.27. The SMILES string of the molecule is COC(=O)CNC(=O)C1CCC(Cn2c(=O)[nH]c3ccccc3c2=O)CC1. The molecule has 1 aromatic carbocycles. The van der Waals surface area contributed by atoms with Crippen molar-refractivity contribution < 1.29 is 14.3 Å². The van der Waals surface area contributed by atoms with Gasteiger partial charge >= 0.3 is 11.7 Å². The number of H-pyrrole nitrogens is 1. The number of carbonyl (C=O) groups excluding carboxylic acids is 2. The molecule has 0 saturated heterocycles. The first kappa shape index (κ1) is 18.9. The fourth-order valence-electron chi connectivity index (χ4n) is 3.61. The highest BCUT2D eigenvalue weighted by Gasteiger charge is 2.27. The highest BCUT2D eigenvalue weighted by molar-refractivity contribution is 5.83. The van der Waals surface area contributed by atoms with Crippen LogP contribution in [-0.2, 0) is 20.9 Å². The molecule has 1 aromatic heterocycles. The number of rotatable bonds is 5. The Morgan fingerprint density at radius 2 is 1.89 bits per heavy atom. The number of hydrogen-bond acceptors (Lipinski definition) is 5. The maximum Gasteiger partial charge on any atom is 0.328 e. The number of esters is 1. The summed E-state index contributed by atoms with van der Waals surface area (Å²) in [6, 6.07) is 6.95. The number of aromatic amines is 1. The molecule has 8 heteroatoms. The number of nitrogens with one attached hydrogen (secondary N) is 2. The number of aromatic nitrogens is 2. The number of methoxy groups -OCH3 is 1. The number of amides is 1. The number of hydrogen-bond donors (Lipinski definition) is 2. The van der Waals surface area contributed by atoms with Crippen molar-refractivity contribution in [2.24, 2.45) is 11.8 Å². The first-order chi connectivity index (χ1) is 13.0. The summed E-state index contributed by atoms with van der Waals surface area (Å²) >= 11 is 0. The minimum absolute atomic E-state index is 0.128. The van der Waals surface area contributed by atoms with E-state index in [2.05, 4.69) is 15.0 Å². The van der Waals surface area contributed by atoms with Gasteiger partial charge in [-0.3, -0.25) is 19.0 Å². The number of nitrogens with zero attached hydrogens (tertiary/aromatic N) is 1. The van der Waals surface area contributed by atoms with Crippen LogP contribution in [0.25, 0.3) is 10.9 Å². The highest BCUT2D eigenvalue weighted by Crippen LogP contribution is 2.29. The highest BCUT2D eigenvalue weighted by atomic mass is 16.5. The van der Waals surface area contributed by atoms with Crippen LogP contribution in [0.5, 0.6) is 0 Å². The molecule has 0 spiro atoms. The summed E-state index contributed by atoms with van der Waals surface area (Å²) in [5.74, 6) is -0.626. The van der Waals surface area contributed by atoms with Crippen molar-refractivity contribution in [2.75, 3.05) is 13.7 Å². The van der Waals surface area contributed by atoms with Crippen molar-refractivity contribution in [1.29, 1.82) is 0 Å². The lowest BCUT2D eigenvalue weighted by Gasteiger charge is -2.27. The zero-order valence-corrected chi connectivity index (χ0v) is 15.2. The molecule has 1 heterocycles. The van der Waals surface area contributed by atoms with Crippen LogP contribution in [0.15, 0.2) is 33.9 Å². The Morgan fingerprint density at radius 1 is 1.19 bits per heavy atom. The van der Waals surface area contributed by atoms with E-state index in [0.29, 0.717) is 30.3 Å². The Hall–Kier alpha value is -2.90. The standard InChI is InChI=1S/C19H23N3O5/c1-27-16(23)10-20-17(24)13-8-6-12(7-9-13)11-22-18(25)14-4-2-3-5-15(14)21-19(22)26/h2-5,12-13H,6-11H2,1H3,(H,20,24)(H,21,26). The van der Waals surface area contributed by atoms with Gasteiger partial charge in [-0.05, 0) is 43.7 Å². The van der Waals surface area contributed by atoms with Crippen molar-refractivity contribution in [3.8, 4) is 0 Å². The monoisotopic (exact) mass is 373 g/mol. The molecule has 8 nitrogen and oxygen atoms in total. The number of benzene rings is 1. The molecule has 1 aliphatic carbocycles. The molecule has 3 rings (SSSR count). The zero-order valence-electron chi connectivity index (χ0n) is 15.2. The Labute approximate surface area is 155 Å². The third-order valence-electron chi connectivity index (χ3n) is 5.18. The number of fused-ring (bicyclic) bond motifs is 1. The minimum atomic E-state index is -0.480. The summed E-state index contributed by atoms with van der Waals surface area (Å²) in [6.45, 7) is 0.215. The molecule has 27 heavy (non-hydrogen) atoms. The van der Waals surface area contributed by atoms with Crippen LogP contribution in [-0.4, -0.2) is 35.1 Å². The van der Waals surface area contributed by atoms with Gasteiger partial charge in [0.15, 0.2) is 0 Å². The van der Waals surface area contributed by atoms with Crippen LogP contribution in [0.1, 0.15) is 25.7 Å². The Bertz CT molecular complexity index is 954. The average Bonchev–Trinajstić information content (AvgIpc) is 2.69. The number of para-hydroxylation sites is 1. The molecule has 2 aromatic rings. The van der Waals surface area contributed by atoms with Crippen molar-refractivity contribution in [3.63, 3.8) is 0 Å². The van der Waals surface area contributed by atoms with E-state index in [4.69, 9.17) is 0 Å². The van der Waals surface area contributed by atoms with Gasteiger partial charge in [-0.1, -0.05) is 12.1 Å². The van der Waals surface area contributed by atoms with Crippen LogP contribution < -0.4 is 16.6 Å². The Kier molecular flexibility index (Phi) is 5.73. The quantitative estimate of drug-likeness (QED) is 0.753.